The number of nitrogens with one attached hydrogen (secondary N) is 2. The predicted molar refractivity (Wildman–Crippen MR) is 88.7 cm³/mol. The van der Waals surface area contributed by atoms with Gasteiger partial charge in [-0.1, -0.05) is 0 Å². The van der Waals surface area contributed by atoms with Gasteiger partial charge in [0.1, 0.15) is 12.3 Å². The van der Waals surface area contributed by atoms with Crippen LogP contribution in [0.3, 0.4) is 0 Å². The molecule has 0 unspecified atom stereocenters. The molecule has 0 fully saturated rings. The lowest BCUT2D eigenvalue weighted by atomic mass is 10.3. The number of carbonyl (C=O) groups excluding carboxylic acids is 2. The van der Waals surface area contributed by atoms with Crippen molar-refractivity contribution in [1.82, 2.24) is 24.9 Å². The highest BCUT2D eigenvalue weighted by molar-refractivity contribution is 6.02. The van der Waals surface area contributed by atoms with Gasteiger partial charge in [-0.3, -0.25) is 19.0 Å². The number of aromatic nitrogens is 4. The van der Waals surface area contributed by atoms with E-state index in [1.54, 1.807) is 37.8 Å². The number of nitrogens with zero attached hydrogens (tertiary/aromatic N) is 4. The predicted octanol–water partition coefficient (Wildman–Crippen LogP) is 1.09. The van der Waals surface area contributed by atoms with E-state index in [-0.39, 0.29) is 24.7 Å². The molecule has 130 valence electrons. The molecule has 0 saturated carbocycles. The Kier molecular flexibility index (Phi) is 4.64. The molecule has 2 N–H and O–H groups in total. The van der Waals surface area contributed by atoms with Crippen molar-refractivity contribution in [3.05, 3.63) is 54.0 Å². The minimum atomic E-state index is -0.401. The Morgan fingerprint density at radius 2 is 2.16 bits per heavy atom. The van der Waals surface area contributed by atoms with Crippen LogP contribution >= 0.6 is 0 Å². The fraction of sp³-hybridized carbons (Fsp3) is 0.250. The highest BCUT2D eigenvalue weighted by Crippen LogP contribution is 2.14. The molecule has 0 aliphatic rings. The number of aryl methyl sites for hydroxylation is 2. The second kappa shape index (κ2) is 7.04. The maximum Gasteiger partial charge on any atom is 0.274 e. The third kappa shape index (κ3) is 4.14. The van der Waals surface area contributed by atoms with E-state index >= 15 is 0 Å². The average molecular weight is 342 g/mol. The zero-order valence-electron chi connectivity index (χ0n) is 13.9. The van der Waals surface area contributed by atoms with E-state index in [1.807, 2.05) is 6.92 Å². The maximum atomic E-state index is 12.3. The average Bonchev–Trinajstić information content (AvgIpc) is 3.27. The summed E-state index contributed by atoms with van der Waals surface area (Å²) >= 11 is 0. The second-order valence-corrected chi connectivity index (χ2v) is 5.59. The van der Waals surface area contributed by atoms with Gasteiger partial charge in [-0.2, -0.15) is 10.2 Å². The van der Waals surface area contributed by atoms with Gasteiger partial charge in [-0.15, -0.1) is 0 Å². The first kappa shape index (κ1) is 16.5. The Labute approximate surface area is 143 Å². The van der Waals surface area contributed by atoms with Crippen LogP contribution in [0.2, 0.25) is 0 Å². The van der Waals surface area contributed by atoms with E-state index in [1.165, 1.54) is 15.6 Å². The number of carbonyl (C=O) groups is 2. The van der Waals surface area contributed by atoms with E-state index in [9.17, 15) is 9.59 Å². The zero-order chi connectivity index (χ0) is 17.8. The van der Waals surface area contributed by atoms with Crippen molar-refractivity contribution in [2.45, 2.75) is 20.0 Å². The Bertz CT molecular complexity index is 878. The van der Waals surface area contributed by atoms with Crippen molar-refractivity contribution in [2.24, 2.45) is 7.05 Å². The van der Waals surface area contributed by atoms with Gasteiger partial charge in [0.15, 0.2) is 5.69 Å². The molecular weight excluding hydrogens is 324 g/mol. The van der Waals surface area contributed by atoms with E-state index < -0.39 is 5.91 Å². The van der Waals surface area contributed by atoms with Gasteiger partial charge >= 0.3 is 0 Å². The minimum absolute atomic E-state index is 0.0518. The molecule has 0 atom stereocenters. The highest BCUT2D eigenvalue weighted by Gasteiger charge is 2.18. The standard InChI is InChI=1S/C16H18N6O3/c1-11-6-18-22(8-11)10-14(23)19-13-9-21(2)20-15(13)16(24)17-7-12-4-3-5-25-12/h3-6,8-9H,7,10H2,1-2H3,(H,17,24)(H,19,23). The molecule has 0 spiro atoms. The summed E-state index contributed by atoms with van der Waals surface area (Å²) < 4.78 is 8.16. The fourth-order valence-electron chi connectivity index (χ4n) is 2.30. The van der Waals surface area contributed by atoms with Gasteiger partial charge in [0.2, 0.25) is 5.91 Å². The van der Waals surface area contributed by atoms with Gasteiger partial charge in [-0.05, 0) is 24.6 Å². The first-order valence-electron chi connectivity index (χ1n) is 7.64. The fourth-order valence-corrected chi connectivity index (χ4v) is 2.30. The van der Waals surface area contributed by atoms with Crippen molar-refractivity contribution in [3.8, 4) is 0 Å². The van der Waals surface area contributed by atoms with E-state index in [4.69, 9.17) is 4.42 Å². The smallest absolute Gasteiger partial charge is 0.274 e. The Hall–Kier alpha value is -3.36. The van der Waals surface area contributed by atoms with Crippen LogP contribution in [0.1, 0.15) is 21.8 Å². The summed E-state index contributed by atoms with van der Waals surface area (Å²) in [4.78, 5) is 24.5. The largest absolute Gasteiger partial charge is 0.467 e. The van der Waals surface area contributed by atoms with Crippen molar-refractivity contribution in [1.29, 1.82) is 0 Å². The molecule has 0 aromatic carbocycles. The summed E-state index contributed by atoms with van der Waals surface area (Å²) in [5.74, 6) is -0.0673. The normalized spacial score (nSPS) is 10.6. The lowest BCUT2D eigenvalue weighted by molar-refractivity contribution is -0.116. The lowest BCUT2D eigenvalue weighted by Crippen LogP contribution is -2.25. The number of rotatable bonds is 6. The van der Waals surface area contributed by atoms with E-state index in [0.29, 0.717) is 11.4 Å². The first-order chi connectivity index (χ1) is 12.0. The highest BCUT2D eigenvalue weighted by atomic mass is 16.3. The summed E-state index contributed by atoms with van der Waals surface area (Å²) in [5.41, 5.74) is 1.44. The van der Waals surface area contributed by atoms with Crippen LogP contribution in [0, 0.1) is 6.92 Å². The summed E-state index contributed by atoms with van der Waals surface area (Å²) in [6.07, 6.45) is 6.55. The van der Waals surface area contributed by atoms with Crippen molar-refractivity contribution in [2.75, 3.05) is 5.32 Å². The summed E-state index contributed by atoms with van der Waals surface area (Å²) in [6.45, 7) is 2.18. The van der Waals surface area contributed by atoms with Gasteiger partial charge < -0.3 is 15.1 Å². The monoisotopic (exact) mass is 342 g/mol. The molecule has 3 heterocycles. The molecular formula is C16H18N6O3. The van der Waals surface area contributed by atoms with E-state index in [0.717, 1.165) is 5.56 Å². The number of anilines is 1. The van der Waals surface area contributed by atoms with Crippen molar-refractivity contribution >= 4 is 17.5 Å². The van der Waals surface area contributed by atoms with Crippen LogP contribution < -0.4 is 10.6 Å². The molecule has 0 aliphatic carbocycles. The van der Waals surface area contributed by atoms with Gasteiger partial charge in [0, 0.05) is 19.4 Å². The lowest BCUT2D eigenvalue weighted by Gasteiger charge is -2.06. The molecule has 3 aromatic heterocycles. The van der Waals surface area contributed by atoms with E-state index in [2.05, 4.69) is 20.8 Å². The quantitative estimate of drug-likeness (QED) is 0.697. The van der Waals surface area contributed by atoms with Crippen LogP contribution in [0.15, 0.2) is 41.4 Å². The molecule has 0 bridgehead atoms. The second-order valence-electron chi connectivity index (χ2n) is 5.59. The summed E-state index contributed by atoms with van der Waals surface area (Å²) in [6, 6.07) is 3.50. The number of amides is 2. The van der Waals surface area contributed by atoms with Crippen LogP contribution in [-0.4, -0.2) is 31.4 Å². The molecule has 0 aliphatic heterocycles. The SMILES string of the molecule is Cc1cnn(CC(=O)Nc2cn(C)nc2C(=O)NCc2ccco2)c1. The summed E-state index contributed by atoms with van der Waals surface area (Å²) in [7, 11) is 1.68. The topological polar surface area (TPSA) is 107 Å². The number of hydrogen-bond donors (Lipinski definition) is 2. The third-order valence-electron chi connectivity index (χ3n) is 3.39. The Morgan fingerprint density at radius 3 is 2.84 bits per heavy atom. The molecule has 2 amide bonds. The third-order valence-corrected chi connectivity index (χ3v) is 3.39. The minimum Gasteiger partial charge on any atom is -0.467 e. The first-order valence-corrected chi connectivity index (χ1v) is 7.64. The van der Waals surface area contributed by atoms with Crippen LogP contribution in [0.25, 0.3) is 0 Å². The van der Waals surface area contributed by atoms with Gasteiger partial charge in [0.25, 0.3) is 5.91 Å². The molecule has 9 nitrogen and oxygen atoms in total. The maximum absolute atomic E-state index is 12.3. The van der Waals surface area contributed by atoms with Crippen molar-refractivity contribution < 1.29 is 14.0 Å². The summed E-state index contributed by atoms with van der Waals surface area (Å²) in [5, 5.41) is 13.6. The number of furan rings is 1. The zero-order valence-corrected chi connectivity index (χ0v) is 13.9. The molecule has 9 heteroatoms. The molecule has 0 radical (unpaired) electrons. The van der Waals surface area contributed by atoms with Crippen LogP contribution in [0.4, 0.5) is 5.69 Å². The van der Waals surface area contributed by atoms with Crippen LogP contribution in [-0.2, 0) is 24.9 Å². The molecule has 25 heavy (non-hydrogen) atoms. The van der Waals surface area contributed by atoms with Crippen molar-refractivity contribution in [3.63, 3.8) is 0 Å². The molecule has 3 aromatic rings. The molecule has 0 saturated heterocycles. The Morgan fingerprint density at radius 1 is 1.32 bits per heavy atom. The van der Waals surface area contributed by atoms with Gasteiger partial charge in [-0.25, -0.2) is 0 Å². The molecule has 3 rings (SSSR count). The van der Waals surface area contributed by atoms with Crippen LogP contribution in [0.5, 0.6) is 0 Å². The number of hydrogen-bond acceptors (Lipinski definition) is 5. The Balaban J connectivity index is 1.65. The van der Waals surface area contributed by atoms with Gasteiger partial charge in [0.05, 0.1) is 24.7 Å².